The molecule has 0 unspecified atom stereocenters. The van der Waals surface area contributed by atoms with Gasteiger partial charge in [-0.25, -0.2) is 4.79 Å². The number of benzene rings is 1. The van der Waals surface area contributed by atoms with Crippen molar-refractivity contribution in [2.45, 2.75) is 20.8 Å². The first-order chi connectivity index (χ1) is 11.5. The van der Waals surface area contributed by atoms with Gasteiger partial charge in [-0.05, 0) is 37.1 Å². The Morgan fingerprint density at radius 2 is 1.62 bits per heavy atom. The molecule has 1 aromatic carbocycles. The molecule has 0 aromatic heterocycles. The average Bonchev–Trinajstić information content (AvgIpc) is 2.60. The van der Waals surface area contributed by atoms with Gasteiger partial charge in [0, 0.05) is 31.7 Å². The molecular formula is C18H26N2O4. The predicted octanol–water partition coefficient (Wildman–Crippen LogP) is 2.64. The van der Waals surface area contributed by atoms with Crippen LogP contribution >= 0.6 is 0 Å². The Labute approximate surface area is 143 Å². The molecule has 1 aromatic rings. The van der Waals surface area contributed by atoms with Crippen LogP contribution < -0.4 is 4.74 Å². The Morgan fingerprint density at radius 1 is 1.04 bits per heavy atom. The number of amides is 2. The van der Waals surface area contributed by atoms with E-state index in [9.17, 15) is 9.59 Å². The molecule has 1 aliphatic rings. The first-order valence-electron chi connectivity index (χ1n) is 8.45. The van der Waals surface area contributed by atoms with Gasteiger partial charge < -0.3 is 19.3 Å². The van der Waals surface area contributed by atoms with Crippen molar-refractivity contribution in [3.63, 3.8) is 0 Å². The van der Waals surface area contributed by atoms with Crippen LogP contribution in [-0.2, 0) is 4.74 Å². The minimum Gasteiger partial charge on any atom is -0.494 e. The van der Waals surface area contributed by atoms with E-state index in [0.29, 0.717) is 50.9 Å². The van der Waals surface area contributed by atoms with Crippen molar-refractivity contribution in [2.24, 2.45) is 5.92 Å². The van der Waals surface area contributed by atoms with Crippen molar-refractivity contribution < 1.29 is 19.1 Å². The monoisotopic (exact) mass is 334 g/mol. The molecule has 2 rings (SSSR count). The van der Waals surface area contributed by atoms with Crippen LogP contribution in [-0.4, -0.2) is 61.2 Å². The highest BCUT2D eigenvalue weighted by atomic mass is 16.6. The topological polar surface area (TPSA) is 59.1 Å². The summed E-state index contributed by atoms with van der Waals surface area (Å²) in [6, 6.07) is 7.15. The smallest absolute Gasteiger partial charge is 0.409 e. The minimum atomic E-state index is -0.295. The van der Waals surface area contributed by atoms with E-state index in [4.69, 9.17) is 9.47 Å². The highest BCUT2D eigenvalue weighted by Gasteiger charge is 2.25. The van der Waals surface area contributed by atoms with Gasteiger partial charge in [0.2, 0.25) is 0 Å². The molecule has 0 spiro atoms. The van der Waals surface area contributed by atoms with E-state index in [1.807, 2.05) is 20.8 Å². The predicted molar refractivity (Wildman–Crippen MR) is 91.3 cm³/mol. The van der Waals surface area contributed by atoms with Gasteiger partial charge in [-0.15, -0.1) is 0 Å². The summed E-state index contributed by atoms with van der Waals surface area (Å²) in [7, 11) is 0. The molecule has 6 nitrogen and oxygen atoms in total. The summed E-state index contributed by atoms with van der Waals surface area (Å²) in [4.78, 5) is 27.9. The second kappa shape index (κ2) is 8.57. The van der Waals surface area contributed by atoms with Crippen molar-refractivity contribution in [2.75, 3.05) is 39.4 Å². The number of ether oxygens (including phenoxy) is 2. The summed E-state index contributed by atoms with van der Waals surface area (Å²) < 4.78 is 10.6. The van der Waals surface area contributed by atoms with Gasteiger partial charge >= 0.3 is 6.09 Å². The molecule has 1 aliphatic heterocycles. The summed E-state index contributed by atoms with van der Waals surface area (Å²) in [6.45, 7) is 8.98. The Morgan fingerprint density at radius 3 is 2.17 bits per heavy atom. The highest BCUT2D eigenvalue weighted by Crippen LogP contribution is 2.15. The molecule has 0 radical (unpaired) electrons. The molecule has 0 N–H and O–H groups in total. The summed E-state index contributed by atoms with van der Waals surface area (Å²) in [5.74, 6) is 1.05. The van der Waals surface area contributed by atoms with Gasteiger partial charge in [0.1, 0.15) is 5.75 Å². The second-order valence-electron chi connectivity index (χ2n) is 6.21. The van der Waals surface area contributed by atoms with E-state index in [2.05, 4.69) is 0 Å². The molecular weight excluding hydrogens is 308 g/mol. The third-order valence-corrected chi connectivity index (χ3v) is 3.78. The van der Waals surface area contributed by atoms with Crippen molar-refractivity contribution in [3.8, 4) is 5.75 Å². The van der Waals surface area contributed by atoms with Crippen LogP contribution in [0, 0.1) is 5.92 Å². The lowest BCUT2D eigenvalue weighted by Crippen LogP contribution is -2.50. The second-order valence-corrected chi connectivity index (χ2v) is 6.21. The van der Waals surface area contributed by atoms with Crippen molar-refractivity contribution in [3.05, 3.63) is 29.8 Å². The third-order valence-electron chi connectivity index (χ3n) is 3.78. The van der Waals surface area contributed by atoms with E-state index in [1.54, 1.807) is 34.1 Å². The molecule has 0 bridgehead atoms. The number of carbonyl (C=O) groups excluding carboxylic acids is 2. The van der Waals surface area contributed by atoms with E-state index >= 15 is 0 Å². The van der Waals surface area contributed by atoms with Gasteiger partial charge in [-0.1, -0.05) is 13.8 Å². The maximum absolute atomic E-state index is 12.5. The van der Waals surface area contributed by atoms with Crippen LogP contribution in [0.4, 0.5) is 4.79 Å². The standard InChI is InChI=1S/C18H26N2O4/c1-4-23-16-7-5-15(6-8-16)17(21)19-9-11-20(12-10-19)18(22)24-13-14(2)3/h5-8,14H,4,9-13H2,1-3H3. The van der Waals surface area contributed by atoms with Crippen LogP contribution in [0.5, 0.6) is 5.75 Å². The van der Waals surface area contributed by atoms with Gasteiger partial charge in [0.25, 0.3) is 5.91 Å². The maximum Gasteiger partial charge on any atom is 0.409 e. The largest absolute Gasteiger partial charge is 0.494 e. The van der Waals surface area contributed by atoms with E-state index in [0.717, 1.165) is 5.75 Å². The number of hydrogen-bond acceptors (Lipinski definition) is 4. The number of hydrogen-bond donors (Lipinski definition) is 0. The molecule has 24 heavy (non-hydrogen) atoms. The van der Waals surface area contributed by atoms with Crippen molar-refractivity contribution in [1.82, 2.24) is 9.80 Å². The Balaban J connectivity index is 1.85. The fourth-order valence-electron chi connectivity index (χ4n) is 2.46. The number of rotatable bonds is 5. The summed E-state index contributed by atoms with van der Waals surface area (Å²) in [5, 5.41) is 0. The molecule has 6 heteroatoms. The molecule has 132 valence electrons. The zero-order valence-electron chi connectivity index (χ0n) is 14.7. The lowest BCUT2D eigenvalue weighted by molar-refractivity contribution is 0.0535. The van der Waals surface area contributed by atoms with Gasteiger partial charge in [0.15, 0.2) is 0 Å². The first kappa shape index (κ1) is 18.1. The Kier molecular flexibility index (Phi) is 6.46. The van der Waals surface area contributed by atoms with Gasteiger partial charge in [0.05, 0.1) is 13.2 Å². The fraction of sp³-hybridized carbons (Fsp3) is 0.556. The molecule has 1 saturated heterocycles. The summed E-state index contributed by atoms with van der Waals surface area (Å²) in [6.07, 6.45) is -0.295. The average molecular weight is 334 g/mol. The van der Waals surface area contributed by atoms with Crippen LogP contribution in [0.3, 0.4) is 0 Å². The molecule has 0 aliphatic carbocycles. The van der Waals surface area contributed by atoms with E-state index in [-0.39, 0.29) is 12.0 Å². The van der Waals surface area contributed by atoms with Crippen LogP contribution in [0.25, 0.3) is 0 Å². The molecule has 1 heterocycles. The third kappa shape index (κ3) is 4.88. The lowest BCUT2D eigenvalue weighted by atomic mass is 10.1. The number of carbonyl (C=O) groups is 2. The van der Waals surface area contributed by atoms with Gasteiger partial charge in [-0.2, -0.15) is 0 Å². The number of piperazine rings is 1. The lowest BCUT2D eigenvalue weighted by Gasteiger charge is -2.34. The minimum absolute atomic E-state index is 0.0201. The van der Waals surface area contributed by atoms with Crippen molar-refractivity contribution >= 4 is 12.0 Å². The van der Waals surface area contributed by atoms with E-state index < -0.39 is 0 Å². The summed E-state index contributed by atoms with van der Waals surface area (Å²) >= 11 is 0. The van der Waals surface area contributed by atoms with Crippen LogP contribution in [0.2, 0.25) is 0 Å². The molecule has 2 amide bonds. The normalized spacial score (nSPS) is 14.7. The number of nitrogens with zero attached hydrogens (tertiary/aromatic N) is 2. The van der Waals surface area contributed by atoms with Crippen LogP contribution in [0.15, 0.2) is 24.3 Å². The van der Waals surface area contributed by atoms with Crippen LogP contribution in [0.1, 0.15) is 31.1 Å². The quantitative estimate of drug-likeness (QED) is 0.830. The fourth-order valence-corrected chi connectivity index (χ4v) is 2.46. The maximum atomic E-state index is 12.5. The SMILES string of the molecule is CCOc1ccc(C(=O)N2CCN(C(=O)OCC(C)C)CC2)cc1. The Hall–Kier alpha value is -2.24. The highest BCUT2D eigenvalue weighted by molar-refractivity contribution is 5.94. The zero-order valence-corrected chi connectivity index (χ0v) is 14.7. The Bertz CT molecular complexity index is 549. The molecule has 0 saturated carbocycles. The van der Waals surface area contributed by atoms with Gasteiger partial charge in [-0.3, -0.25) is 4.79 Å². The summed E-state index contributed by atoms with van der Waals surface area (Å²) in [5.41, 5.74) is 0.634. The zero-order chi connectivity index (χ0) is 17.5. The first-order valence-corrected chi connectivity index (χ1v) is 8.45. The van der Waals surface area contributed by atoms with E-state index in [1.165, 1.54) is 0 Å². The van der Waals surface area contributed by atoms with Crippen molar-refractivity contribution in [1.29, 1.82) is 0 Å². The molecule has 1 fully saturated rings. The molecule has 0 atom stereocenters.